The van der Waals surface area contributed by atoms with E-state index in [1.807, 2.05) is 6.07 Å². The molecule has 12 heteroatoms. The fourth-order valence-corrected chi connectivity index (χ4v) is 3.88. The van der Waals surface area contributed by atoms with Crippen LogP contribution in [0.1, 0.15) is 11.5 Å². The van der Waals surface area contributed by atoms with Gasteiger partial charge in [-0.1, -0.05) is 12.1 Å². The zero-order chi connectivity index (χ0) is 26.6. The molecule has 1 aliphatic rings. The Balaban J connectivity index is 2.41. The van der Waals surface area contributed by atoms with E-state index in [0.29, 0.717) is 11.3 Å². The second-order valence-corrected chi connectivity index (χ2v) is 7.31. The number of carbonyl (C=O) groups excluding carboxylic acids is 2. The van der Waals surface area contributed by atoms with Crippen LogP contribution >= 0.6 is 0 Å². The van der Waals surface area contributed by atoms with Crippen molar-refractivity contribution in [1.29, 1.82) is 5.26 Å². The largest absolute Gasteiger partial charge is 0.497 e. The average molecular weight is 494 g/mol. The molecule has 0 saturated heterocycles. The minimum absolute atomic E-state index is 0.102. The third-order valence-electron chi connectivity index (χ3n) is 5.54. The number of nitrogens with two attached hydrogens (primary N) is 1. The lowest BCUT2D eigenvalue weighted by Crippen LogP contribution is -2.40. The first kappa shape index (κ1) is 25.6. The van der Waals surface area contributed by atoms with Crippen LogP contribution in [0, 0.1) is 21.4 Å². The fourth-order valence-electron chi connectivity index (χ4n) is 3.88. The fraction of sp³-hybridized carbons (Fsp3) is 0.208. The highest BCUT2D eigenvalue weighted by Crippen LogP contribution is 2.46. The maximum Gasteiger partial charge on any atom is 0.355 e. The number of rotatable bonds is 7. The number of nitro benzene ring substituents is 1. The molecular formula is C24H22N4O8. The number of non-ortho nitro benzene ring substituents is 1. The summed E-state index contributed by atoms with van der Waals surface area (Å²) in [4.78, 5) is 37.9. The van der Waals surface area contributed by atoms with Crippen molar-refractivity contribution in [3.63, 3.8) is 0 Å². The number of hydrogen-bond acceptors (Lipinski definition) is 11. The normalized spacial score (nSPS) is 15.2. The van der Waals surface area contributed by atoms with Crippen molar-refractivity contribution in [2.24, 2.45) is 5.73 Å². The van der Waals surface area contributed by atoms with Crippen LogP contribution in [-0.4, -0.2) is 45.3 Å². The minimum Gasteiger partial charge on any atom is -0.497 e. The van der Waals surface area contributed by atoms with E-state index in [2.05, 4.69) is 0 Å². The molecule has 0 fully saturated rings. The number of carbonyl (C=O) groups is 2. The van der Waals surface area contributed by atoms with Gasteiger partial charge in [0.15, 0.2) is 0 Å². The van der Waals surface area contributed by atoms with E-state index in [0.717, 1.165) is 14.2 Å². The van der Waals surface area contributed by atoms with E-state index in [1.165, 1.54) is 55.5 Å². The van der Waals surface area contributed by atoms with Crippen LogP contribution in [0.3, 0.4) is 0 Å². The van der Waals surface area contributed by atoms with Crippen LogP contribution in [0.15, 0.2) is 65.1 Å². The third kappa shape index (κ3) is 4.37. The predicted molar refractivity (Wildman–Crippen MR) is 126 cm³/mol. The number of nitro groups is 1. The van der Waals surface area contributed by atoms with Gasteiger partial charge in [0.1, 0.15) is 23.0 Å². The monoisotopic (exact) mass is 494 g/mol. The molecule has 12 nitrogen and oxygen atoms in total. The molecule has 0 radical (unpaired) electrons. The molecular weight excluding hydrogens is 472 g/mol. The molecule has 0 spiro atoms. The van der Waals surface area contributed by atoms with Gasteiger partial charge in [0.05, 0.1) is 62.2 Å². The van der Waals surface area contributed by atoms with Gasteiger partial charge < -0.3 is 24.7 Å². The number of benzene rings is 2. The number of anilines is 1. The lowest BCUT2D eigenvalue weighted by Gasteiger charge is -2.36. The van der Waals surface area contributed by atoms with Gasteiger partial charge >= 0.3 is 11.9 Å². The molecule has 0 amide bonds. The highest BCUT2D eigenvalue weighted by Gasteiger charge is 2.43. The number of hydrogen-bond donors (Lipinski definition) is 1. The van der Waals surface area contributed by atoms with Crippen LogP contribution in [-0.2, 0) is 19.1 Å². The van der Waals surface area contributed by atoms with E-state index < -0.39 is 22.8 Å². The Morgan fingerprint density at radius 3 is 2.17 bits per heavy atom. The summed E-state index contributed by atoms with van der Waals surface area (Å²) in [5.74, 6) is -2.59. The number of esters is 2. The van der Waals surface area contributed by atoms with Crippen LogP contribution in [0.5, 0.6) is 11.5 Å². The Kier molecular flexibility index (Phi) is 7.44. The Labute approximate surface area is 205 Å². The second-order valence-electron chi connectivity index (χ2n) is 7.31. The lowest BCUT2D eigenvalue weighted by atomic mass is 9.80. The predicted octanol–water partition coefficient (Wildman–Crippen LogP) is 2.51. The van der Waals surface area contributed by atoms with Crippen molar-refractivity contribution in [3.05, 3.63) is 80.8 Å². The maximum absolute atomic E-state index is 13.1. The van der Waals surface area contributed by atoms with Gasteiger partial charge in [-0.25, -0.2) is 9.59 Å². The highest BCUT2D eigenvalue weighted by molar-refractivity contribution is 6.06. The van der Waals surface area contributed by atoms with Gasteiger partial charge in [0, 0.05) is 18.2 Å². The molecule has 0 bridgehead atoms. The van der Waals surface area contributed by atoms with Crippen molar-refractivity contribution in [2.75, 3.05) is 33.3 Å². The molecule has 3 rings (SSSR count). The smallest absolute Gasteiger partial charge is 0.355 e. The molecule has 1 unspecified atom stereocenters. The Hall–Kier alpha value is -5.05. The maximum atomic E-state index is 13.1. The molecule has 186 valence electrons. The van der Waals surface area contributed by atoms with E-state index in [-0.39, 0.29) is 39.8 Å². The summed E-state index contributed by atoms with van der Waals surface area (Å²) in [5.41, 5.74) is 6.09. The summed E-state index contributed by atoms with van der Waals surface area (Å²) in [7, 11) is 5.08. The highest BCUT2D eigenvalue weighted by atomic mass is 16.6. The van der Waals surface area contributed by atoms with Crippen molar-refractivity contribution in [3.8, 4) is 17.6 Å². The Morgan fingerprint density at radius 1 is 1.03 bits per heavy atom. The van der Waals surface area contributed by atoms with Crippen LogP contribution < -0.4 is 20.1 Å². The van der Waals surface area contributed by atoms with E-state index in [4.69, 9.17) is 24.7 Å². The van der Waals surface area contributed by atoms with E-state index in [1.54, 1.807) is 6.07 Å². The first-order chi connectivity index (χ1) is 17.2. The van der Waals surface area contributed by atoms with Gasteiger partial charge in [-0.15, -0.1) is 0 Å². The number of ether oxygens (including phenoxy) is 4. The van der Waals surface area contributed by atoms with Gasteiger partial charge in [0.25, 0.3) is 5.69 Å². The summed E-state index contributed by atoms with van der Waals surface area (Å²) in [5, 5.41) is 21.2. The van der Waals surface area contributed by atoms with Crippen LogP contribution in [0.4, 0.5) is 11.4 Å². The van der Waals surface area contributed by atoms with Crippen molar-refractivity contribution in [2.45, 2.75) is 5.92 Å². The Bertz CT molecular complexity index is 1320. The quantitative estimate of drug-likeness (QED) is 0.341. The third-order valence-corrected chi connectivity index (χ3v) is 5.54. The first-order valence-corrected chi connectivity index (χ1v) is 10.3. The zero-order valence-corrected chi connectivity index (χ0v) is 19.8. The molecule has 36 heavy (non-hydrogen) atoms. The molecule has 0 aromatic heterocycles. The first-order valence-electron chi connectivity index (χ1n) is 10.3. The lowest BCUT2D eigenvalue weighted by molar-refractivity contribution is -0.384. The summed E-state index contributed by atoms with van der Waals surface area (Å²) < 4.78 is 20.6. The summed E-state index contributed by atoms with van der Waals surface area (Å²) >= 11 is 0. The number of nitriles is 1. The van der Waals surface area contributed by atoms with Crippen LogP contribution in [0.2, 0.25) is 0 Å². The number of nitrogens with zero attached hydrogens (tertiary/aromatic N) is 3. The molecule has 1 atom stereocenters. The number of methoxy groups -OCH3 is 4. The topological polar surface area (TPSA) is 167 Å². The van der Waals surface area contributed by atoms with Crippen molar-refractivity contribution < 1.29 is 33.5 Å². The SMILES string of the molecule is COC(=O)C1=C(C(=O)OC)N(c2ccc(OC)cc2OC)C(N)=C(C#N)C1c1ccc([N+](=O)[O-])cc1. The zero-order valence-electron chi connectivity index (χ0n) is 19.8. The standard InChI is InChI=1S/C24H22N4O8/c1-33-15-9-10-17(18(11-15)34-2)27-21(24(30)36-4)20(23(29)35-3)19(16(12-25)22(27)26)13-5-7-14(8-6-13)28(31)32/h5-11,19H,26H2,1-4H3. The van der Waals surface area contributed by atoms with Gasteiger partial charge in [-0.2, -0.15) is 5.26 Å². The summed E-state index contributed by atoms with van der Waals surface area (Å²) in [6, 6.07) is 11.8. The summed E-state index contributed by atoms with van der Waals surface area (Å²) in [6.07, 6.45) is 0. The molecule has 2 aromatic rings. The molecule has 2 N–H and O–H groups in total. The van der Waals surface area contributed by atoms with Crippen molar-refractivity contribution in [1.82, 2.24) is 0 Å². The summed E-state index contributed by atoms with van der Waals surface area (Å²) in [6.45, 7) is 0. The molecule has 1 heterocycles. The van der Waals surface area contributed by atoms with Gasteiger partial charge in [0.2, 0.25) is 0 Å². The van der Waals surface area contributed by atoms with E-state index >= 15 is 0 Å². The molecule has 2 aromatic carbocycles. The molecule has 0 aliphatic carbocycles. The van der Waals surface area contributed by atoms with E-state index in [9.17, 15) is 25.0 Å². The van der Waals surface area contributed by atoms with Crippen molar-refractivity contribution >= 4 is 23.3 Å². The second kappa shape index (κ2) is 10.5. The minimum atomic E-state index is -1.18. The van der Waals surface area contributed by atoms with Crippen LogP contribution in [0.25, 0.3) is 0 Å². The van der Waals surface area contributed by atoms with Gasteiger partial charge in [-0.05, 0) is 17.7 Å². The molecule has 1 aliphatic heterocycles. The Morgan fingerprint density at radius 2 is 1.67 bits per heavy atom. The van der Waals surface area contributed by atoms with Gasteiger partial charge in [-0.3, -0.25) is 15.0 Å². The molecule has 0 saturated carbocycles. The number of allylic oxidation sites excluding steroid dienone is 1. The average Bonchev–Trinajstić information content (AvgIpc) is 2.91.